The molecule has 0 radical (unpaired) electrons. The molecular weight excluding hydrogens is 352 g/mol. The molecule has 0 spiro atoms. The summed E-state index contributed by atoms with van der Waals surface area (Å²) in [5.41, 5.74) is 1.48. The van der Waals surface area contributed by atoms with Gasteiger partial charge in [0, 0.05) is 0 Å². The lowest BCUT2D eigenvalue weighted by atomic mass is 9.68. The Labute approximate surface area is 181 Å². The smallest absolute Gasteiger partial charge is 0.119 e. The Balaban J connectivity index is 1.30. The van der Waals surface area contributed by atoms with Crippen LogP contribution in [0.2, 0.25) is 0 Å². The normalized spacial score (nSPS) is 27.7. The molecule has 2 aliphatic rings. The fourth-order valence-corrected chi connectivity index (χ4v) is 5.92. The van der Waals surface area contributed by atoms with Crippen LogP contribution in [0.5, 0.6) is 5.75 Å². The lowest BCUT2D eigenvalue weighted by Crippen LogP contribution is -2.26. The van der Waals surface area contributed by atoms with Crippen LogP contribution in [0.25, 0.3) is 0 Å². The Morgan fingerprint density at radius 3 is 1.83 bits per heavy atom. The molecule has 1 aromatic carbocycles. The molecule has 2 fully saturated rings. The molecule has 0 amide bonds. The molecule has 0 heterocycles. The summed E-state index contributed by atoms with van der Waals surface area (Å²) in [6.45, 7) is 5.30. The molecule has 29 heavy (non-hydrogen) atoms. The van der Waals surface area contributed by atoms with Crippen LogP contribution in [0.1, 0.15) is 109 Å². The van der Waals surface area contributed by atoms with Crippen molar-refractivity contribution in [3.63, 3.8) is 0 Å². The molecule has 164 valence electrons. The molecule has 0 aromatic heterocycles. The van der Waals surface area contributed by atoms with Gasteiger partial charge in [-0.05, 0) is 86.3 Å². The summed E-state index contributed by atoms with van der Waals surface area (Å²) in [7, 11) is 0. The SMILES string of the molecule is CCCCC[C@H]1CC[C@H]([C@H]2CC[C@H](CCc3ccc(OCCC)cc3)CC2)CC1. The topological polar surface area (TPSA) is 9.23 Å². The summed E-state index contributed by atoms with van der Waals surface area (Å²) < 4.78 is 5.70. The number of hydrogen-bond acceptors (Lipinski definition) is 1. The van der Waals surface area contributed by atoms with Gasteiger partial charge < -0.3 is 4.74 Å². The van der Waals surface area contributed by atoms with E-state index in [1.54, 1.807) is 12.8 Å². The van der Waals surface area contributed by atoms with Crippen molar-refractivity contribution in [2.45, 2.75) is 110 Å². The van der Waals surface area contributed by atoms with Crippen LogP contribution in [0.4, 0.5) is 0 Å². The summed E-state index contributed by atoms with van der Waals surface area (Å²) in [5, 5.41) is 0. The van der Waals surface area contributed by atoms with Crippen LogP contribution in [-0.4, -0.2) is 6.61 Å². The van der Waals surface area contributed by atoms with Gasteiger partial charge in [-0.15, -0.1) is 0 Å². The predicted octanol–water partition coefficient (Wildman–Crippen LogP) is 8.60. The zero-order valence-corrected chi connectivity index (χ0v) is 19.3. The average Bonchev–Trinajstić information content (AvgIpc) is 2.78. The Bertz CT molecular complexity index is 532. The highest BCUT2D eigenvalue weighted by Crippen LogP contribution is 2.43. The van der Waals surface area contributed by atoms with Gasteiger partial charge in [-0.2, -0.15) is 0 Å². The van der Waals surface area contributed by atoms with Crippen LogP contribution < -0.4 is 4.74 Å². The Morgan fingerprint density at radius 2 is 1.28 bits per heavy atom. The van der Waals surface area contributed by atoms with Gasteiger partial charge in [-0.1, -0.05) is 77.3 Å². The monoisotopic (exact) mass is 398 g/mol. The van der Waals surface area contributed by atoms with Crippen LogP contribution in [0.15, 0.2) is 24.3 Å². The minimum Gasteiger partial charge on any atom is -0.494 e. The third-order valence-corrected chi connectivity index (χ3v) is 7.90. The zero-order valence-electron chi connectivity index (χ0n) is 19.3. The molecule has 2 aliphatic carbocycles. The molecule has 2 saturated carbocycles. The lowest BCUT2D eigenvalue weighted by Gasteiger charge is -2.38. The summed E-state index contributed by atoms with van der Waals surface area (Å²) in [6.07, 6.45) is 21.7. The minimum atomic E-state index is 0.823. The lowest BCUT2D eigenvalue weighted by molar-refractivity contribution is 0.140. The maximum Gasteiger partial charge on any atom is 0.119 e. The zero-order chi connectivity index (χ0) is 20.3. The van der Waals surface area contributed by atoms with Gasteiger partial charge in [0.05, 0.1) is 6.61 Å². The van der Waals surface area contributed by atoms with Gasteiger partial charge in [-0.3, -0.25) is 0 Å². The molecule has 0 bridgehead atoms. The number of hydrogen-bond donors (Lipinski definition) is 0. The molecule has 0 saturated heterocycles. The van der Waals surface area contributed by atoms with E-state index in [1.165, 1.54) is 82.6 Å². The summed E-state index contributed by atoms with van der Waals surface area (Å²) in [4.78, 5) is 0. The predicted molar refractivity (Wildman–Crippen MR) is 126 cm³/mol. The number of unbranched alkanes of at least 4 members (excludes halogenated alkanes) is 2. The molecule has 0 aliphatic heterocycles. The fraction of sp³-hybridized carbons (Fsp3) is 0.786. The first-order valence-electron chi connectivity index (χ1n) is 13.0. The molecule has 1 nitrogen and oxygen atoms in total. The van der Waals surface area contributed by atoms with Crippen molar-refractivity contribution in [1.82, 2.24) is 0 Å². The first-order valence-corrected chi connectivity index (χ1v) is 13.0. The van der Waals surface area contributed by atoms with Crippen LogP contribution in [-0.2, 0) is 6.42 Å². The second kappa shape index (κ2) is 12.7. The van der Waals surface area contributed by atoms with Crippen molar-refractivity contribution in [3.8, 4) is 5.75 Å². The van der Waals surface area contributed by atoms with E-state index in [0.717, 1.165) is 42.4 Å². The number of benzene rings is 1. The van der Waals surface area contributed by atoms with E-state index in [9.17, 15) is 0 Å². The highest BCUT2D eigenvalue weighted by molar-refractivity contribution is 5.27. The Kier molecular flexibility index (Phi) is 9.91. The molecule has 0 unspecified atom stereocenters. The maximum atomic E-state index is 5.70. The van der Waals surface area contributed by atoms with Gasteiger partial charge in [-0.25, -0.2) is 0 Å². The number of ether oxygens (including phenoxy) is 1. The molecule has 0 atom stereocenters. The third kappa shape index (κ3) is 7.65. The highest BCUT2D eigenvalue weighted by Gasteiger charge is 2.30. The van der Waals surface area contributed by atoms with Gasteiger partial charge in [0.2, 0.25) is 0 Å². The molecular formula is C28H46O. The van der Waals surface area contributed by atoms with Gasteiger partial charge in [0.1, 0.15) is 5.75 Å². The maximum absolute atomic E-state index is 5.70. The second-order valence-electron chi connectivity index (χ2n) is 10.1. The quantitative estimate of drug-likeness (QED) is 0.339. The van der Waals surface area contributed by atoms with Crippen LogP contribution in [0, 0.1) is 23.7 Å². The Hall–Kier alpha value is -0.980. The Morgan fingerprint density at radius 1 is 0.690 bits per heavy atom. The molecule has 0 N–H and O–H groups in total. The standard InChI is InChI=1S/C28H46O/c1-3-5-6-7-23-10-16-26(17-11-23)27-18-12-24(13-19-27)8-9-25-14-20-28(21-15-25)29-22-4-2/h14-15,20-21,23-24,26-27H,3-13,16-19,22H2,1-2H3/t23-,24-,26-,27-. The van der Waals surface area contributed by atoms with Crippen molar-refractivity contribution in [2.24, 2.45) is 23.7 Å². The summed E-state index contributed by atoms with van der Waals surface area (Å²) in [5.74, 6) is 5.17. The van der Waals surface area contributed by atoms with E-state index < -0.39 is 0 Å². The largest absolute Gasteiger partial charge is 0.494 e. The third-order valence-electron chi connectivity index (χ3n) is 7.90. The fourth-order valence-electron chi connectivity index (χ4n) is 5.92. The van der Waals surface area contributed by atoms with Crippen molar-refractivity contribution in [3.05, 3.63) is 29.8 Å². The van der Waals surface area contributed by atoms with E-state index >= 15 is 0 Å². The van der Waals surface area contributed by atoms with E-state index in [4.69, 9.17) is 4.74 Å². The van der Waals surface area contributed by atoms with E-state index in [-0.39, 0.29) is 0 Å². The van der Waals surface area contributed by atoms with Crippen molar-refractivity contribution < 1.29 is 4.74 Å². The second-order valence-corrected chi connectivity index (χ2v) is 10.1. The van der Waals surface area contributed by atoms with Crippen molar-refractivity contribution in [2.75, 3.05) is 6.61 Å². The first-order chi connectivity index (χ1) is 14.3. The minimum absolute atomic E-state index is 0.823. The van der Waals surface area contributed by atoms with E-state index in [2.05, 4.69) is 38.1 Å². The van der Waals surface area contributed by atoms with Gasteiger partial charge >= 0.3 is 0 Å². The van der Waals surface area contributed by atoms with E-state index in [0.29, 0.717) is 0 Å². The van der Waals surface area contributed by atoms with E-state index in [1.807, 2.05) is 0 Å². The average molecular weight is 399 g/mol. The van der Waals surface area contributed by atoms with Crippen molar-refractivity contribution >= 4 is 0 Å². The highest BCUT2D eigenvalue weighted by atomic mass is 16.5. The number of aryl methyl sites for hydroxylation is 1. The number of rotatable bonds is 11. The van der Waals surface area contributed by atoms with Crippen molar-refractivity contribution in [1.29, 1.82) is 0 Å². The molecule has 1 aromatic rings. The summed E-state index contributed by atoms with van der Waals surface area (Å²) >= 11 is 0. The molecule has 3 rings (SSSR count). The van der Waals surface area contributed by atoms with Gasteiger partial charge in [0.15, 0.2) is 0 Å². The summed E-state index contributed by atoms with van der Waals surface area (Å²) in [6, 6.07) is 8.85. The van der Waals surface area contributed by atoms with Crippen LogP contribution >= 0.6 is 0 Å². The van der Waals surface area contributed by atoms with Gasteiger partial charge in [0.25, 0.3) is 0 Å². The first kappa shape index (κ1) is 22.7. The molecule has 1 heteroatoms. The van der Waals surface area contributed by atoms with Crippen LogP contribution in [0.3, 0.4) is 0 Å².